The highest BCUT2D eigenvalue weighted by atomic mass is 16.3. The van der Waals surface area contributed by atoms with Crippen molar-refractivity contribution in [3.05, 3.63) is 35.4 Å². The van der Waals surface area contributed by atoms with E-state index in [9.17, 15) is 9.90 Å². The van der Waals surface area contributed by atoms with Crippen LogP contribution in [-0.4, -0.2) is 61.3 Å². The summed E-state index contributed by atoms with van der Waals surface area (Å²) < 4.78 is 0. The summed E-state index contributed by atoms with van der Waals surface area (Å²) in [5, 5.41) is 15.9. The van der Waals surface area contributed by atoms with Crippen LogP contribution < -0.4 is 10.6 Å². The Balaban J connectivity index is 1.43. The molecule has 0 aliphatic carbocycles. The Morgan fingerprint density at radius 3 is 2.62 bits per heavy atom. The van der Waals surface area contributed by atoms with E-state index in [-0.39, 0.29) is 12.0 Å². The molecule has 1 aromatic rings. The maximum absolute atomic E-state index is 12.2. The molecule has 2 saturated heterocycles. The van der Waals surface area contributed by atoms with E-state index in [1.54, 1.807) is 0 Å². The highest BCUT2D eigenvalue weighted by molar-refractivity contribution is 5.94. The van der Waals surface area contributed by atoms with Crippen LogP contribution in [0, 0.1) is 0 Å². The Hall–Kier alpha value is -1.43. The largest absolute Gasteiger partial charge is 0.393 e. The van der Waals surface area contributed by atoms with Gasteiger partial charge in [-0.15, -0.1) is 0 Å². The molecule has 0 spiro atoms. The molecule has 3 rings (SSSR count). The molecule has 1 aromatic carbocycles. The van der Waals surface area contributed by atoms with E-state index in [4.69, 9.17) is 0 Å². The van der Waals surface area contributed by atoms with Gasteiger partial charge in [-0.2, -0.15) is 0 Å². The Bertz CT molecular complexity index is 518. The first-order chi connectivity index (χ1) is 11.7. The van der Waals surface area contributed by atoms with Gasteiger partial charge in [-0.3, -0.25) is 4.79 Å². The van der Waals surface area contributed by atoms with Gasteiger partial charge in [0.2, 0.25) is 0 Å². The topological polar surface area (TPSA) is 64.6 Å². The number of carbonyl (C=O) groups is 1. The molecular weight excluding hydrogens is 302 g/mol. The predicted octanol–water partition coefficient (Wildman–Crippen LogP) is 1.34. The lowest BCUT2D eigenvalue weighted by Crippen LogP contribution is -2.40. The van der Waals surface area contributed by atoms with E-state index in [1.165, 1.54) is 18.4 Å². The van der Waals surface area contributed by atoms with Gasteiger partial charge in [0.15, 0.2) is 0 Å². The number of benzene rings is 1. The number of hydrogen-bond acceptors (Lipinski definition) is 4. The van der Waals surface area contributed by atoms with Gasteiger partial charge in [0.25, 0.3) is 5.91 Å². The number of carbonyl (C=O) groups excluding carboxylic acids is 1. The van der Waals surface area contributed by atoms with Crippen molar-refractivity contribution in [2.45, 2.75) is 37.7 Å². The summed E-state index contributed by atoms with van der Waals surface area (Å²) in [6.07, 6.45) is 3.98. The van der Waals surface area contributed by atoms with Gasteiger partial charge < -0.3 is 20.6 Å². The van der Waals surface area contributed by atoms with Crippen LogP contribution in [0.1, 0.15) is 47.5 Å². The van der Waals surface area contributed by atoms with Gasteiger partial charge in [0, 0.05) is 38.3 Å². The monoisotopic (exact) mass is 331 g/mol. The molecule has 2 fully saturated rings. The van der Waals surface area contributed by atoms with Crippen LogP contribution >= 0.6 is 0 Å². The standard InChI is InChI=1S/C19H29N3O2/c23-18-7-11-22(12-8-18)13-10-21-19(24)16-5-3-15(4-6-16)17-2-1-9-20-14-17/h3-6,17-18,20,23H,1-2,7-14H2,(H,21,24). The maximum Gasteiger partial charge on any atom is 0.251 e. The number of nitrogens with one attached hydrogen (secondary N) is 2. The van der Waals surface area contributed by atoms with E-state index in [2.05, 4.69) is 27.7 Å². The minimum absolute atomic E-state index is 0.000336. The average Bonchev–Trinajstić information content (AvgIpc) is 2.64. The van der Waals surface area contributed by atoms with E-state index in [1.807, 2.05) is 12.1 Å². The molecule has 3 N–H and O–H groups in total. The zero-order chi connectivity index (χ0) is 16.8. The van der Waals surface area contributed by atoms with Crippen LogP contribution in [0.15, 0.2) is 24.3 Å². The van der Waals surface area contributed by atoms with E-state index in [0.717, 1.165) is 51.1 Å². The first-order valence-electron chi connectivity index (χ1n) is 9.21. The van der Waals surface area contributed by atoms with Crippen LogP contribution in [0.2, 0.25) is 0 Å². The van der Waals surface area contributed by atoms with Crippen molar-refractivity contribution in [1.82, 2.24) is 15.5 Å². The van der Waals surface area contributed by atoms with Gasteiger partial charge in [-0.05, 0) is 55.8 Å². The number of aliphatic hydroxyl groups excluding tert-OH is 1. The number of likely N-dealkylation sites (tertiary alicyclic amines) is 1. The summed E-state index contributed by atoms with van der Waals surface area (Å²) in [4.78, 5) is 14.5. The Labute approximate surface area is 144 Å². The van der Waals surface area contributed by atoms with Crippen molar-refractivity contribution in [1.29, 1.82) is 0 Å². The number of hydrogen-bond donors (Lipinski definition) is 3. The third kappa shape index (κ3) is 4.79. The number of nitrogens with zero attached hydrogens (tertiary/aromatic N) is 1. The Kier molecular flexibility index (Phi) is 6.24. The quantitative estimate of drug-likeness (QED) is 0.762. The van der Waals surface area contributed by atoms with Crippen LogP contribution in [0.4, 0.5) is 0 Å². The Morgan fingerprint density at radius 1 is 1.21 bits per heavy atom. The second-order valence-corrected chi connectivity index (χ2v) is 6.99. The van der Waals surface area contributed by atoms with E-state index < -0.39 is 0 Å². The van der Waals surface area contributed by atoms with Gasteiger partial charge >= 0.3 is 0 Å². The molecule has 1 amide bonds. The highest BCUT2D eigenvalue weighted by Gasteiger charge is 2.17. The van der Waals surface area contributed by atoms with Gasteiger partial charge in [0.1, 0.15) is 0 Å². The fraction of sp³-hybridized carbons (Fsp3) is 0.632. The lowest BCUT2D eigenvalue weighted by molar-refractivity contribution is 0.0804. The van der Waals surface area contributed by atoms with E-state index in [0.29, 0.717) is 12.5 Å². The molecule has 0 aromatic heterocycles. The lowest BCUT2D eigenvalue weighted by Gasteiger charge is -2.29. The summed E-state index contributed by atoms with van der Waals surface area (Å²) in [5.41, 5.74) is 2.06. The minimum Gasteiger partial charge on any atom is -0.393 e. The normalized spacial score (nSPS) is 23.1. The third-order valence-electron chi connectivity index (χ3n) is 5.21. The first-order valence-corrected chi connectivity index (χ1v) is 9.21. The van der Waals surface area contributed by atoms with Crippen LogP contribution in [0.5, 0.6) is 0 Å². The minimum atomic E-state index is -0.145. The summed E-state index contributed by atoms with van der Waals surface area (Å²) in [5.74, 6) is 0.575. The van der Waals surface area contributed by atoms with Crippen LogP contribution in [0.25, 0.3) is 0 Å². The molecule has 0 bridgehead atoms. The molecule has 0 radical (unpaired) electrons. The fourth-order valence-corrected chi connectivity index (χ4v) is 3.62. The van der Waals surface area contributed by atoms with Gasteiger partial charge in [-0.1, -0.05) is 12.1 Å². The smallest absolute Gasteiger partial charge is 0.251 e. The third-order valence-corrected chi connectivity index (χ3v) is 5.21. The molecule has 1 atom stereocenters. The highest BCUT2D eigenvalue weighted by Crippen LogP contribution is 2.23. The summed E-state index contributed by atoms with van der Waals surface area (Å²) in [7, 11) is 0. The van der Waals surface area contributed by atoms with Crippen LogP contribution in [-0.2, 0) is 0 Å². The van der Waals surface area contributed by atoms with Crippen LogP contribution in [0.3, 0.4) is 0 Å². The van der Waals surface area contributed by atoms with Gasteiger partial charge in [-0.25, -0.2) is 0 Å². The zero-order valence-corrected chi connectivity index (χ0v) is 14.3. The molecule has 132 valence electrons. The SMILES string of the molecule is O=C(NCCN1CCC(O)CC1)c1ccc(C2CCCNC2)cc1. The second kappa shape index (κ2) is 8.60. The van der Waals surface area contributed by atoms with Crippen molar-refractivity contribution in [2.24, 2.45) is 0 Å². The Morgan fingerprint density at radius 2 is 1.96 bits per heavy atom. The number of rotatable bonds is 5. The molecule has 2 heterocycles. The molecule has 1 unspecified atom stereocenters. The van der Waals surface area contributed by atoms with Gasteiger partial charge in [0.05, 0.1) is 6.10 Å². The summed E-state index contributed by atoms with van der Waals surface area (Å²) in [6.45, 7) is 5.50. The van der Waals surface area contributed by atoms with Crippen molar-refractivity contribution < 1.29 is 9.90 Å². The first kappa shape index (κ1) is 17.4. The lowest BCUT2D eigenvalue weighted by atomic mass is 9.91. The zero-order valence-electron chi connectivity index (χ0n) is 14.3. The van der Waals surface area contributed by atoms with E-state index >= 15 is 0 Å². The average molecular weight is 331 g/mol. The molecule has 24 heavy (non-hydrogen) atoms. The molecule has 2 aliphatic heterocycles. The summed E-state index contributed by atoms with van der Waals surface area (Å²) in [6, 6.07) is 8.07. The predicted molar refractivity (Wildman–Crippen MR) is 95.3 cm³/mol. The number of piperidine rings is 2. The maximum atomic E-state index is 12.2. The fourth-order valence-electron chi connectivity index (χ4n) is 3.62. The molecule has 0 saturated carbocycles. The number of aliphatic hydroxyl groups is 1. The molecule has 5 heteroatoms. The van der Waals surface area contributed by atoms with Crippen molar-refractivity contribution in [3.8, 4) is 0 Å². The second-order valence-electron chi connectivity index (χ2n) is 6.99. The van der Waals surface area contributed by atoms with Crippen molar-refractivity contribution >= 4 is 5.91 Å². The van der Waals surface area contributed by atoms with Crippen molar-refractivity contribution in [3.63, 3.8) is 0 Å². The molecular formula is C19H29N3O2. The van der Waals surface area contributed by atoms with Crippen molar-refractivity contribution in [2.75, 3.05) is 39.3 Å². The number of amides is 1. The molecule has 5 nitrogen and oxygen atoms in total. The summed E-state index contributed by atoms with van der Waals surface area (Å²) >= 11 is 0. The molecule has 2 aliphatic rings.